The third kappa shape index (κ3) is 3.21. The average Bonchev–Trinajstić information content (AvgIpc) is 3.22. The molecule has 7 nitrogen and oxygen atoms in total. The number of hydrogen-bond acceptors (Lipinski definition) is 5. The minimum Gasteiger partial charge on any atom is -0.462 e. The molecule has 2 N–H and O–H groups in total. The Balaban J connectivity index is 2.29. The van der Waals surface area contributed by atoms with Crippen LogP contribution in [0.4, 0.5) is 5.69 Å². The largest absolute Gasteiger partial charge is 0.462 e. The molecule has 0 atom stereocenters. The number of ether oxygens (including phenoxy) is 1. The number of esters is 1. The number of anilines is 1. The third-order valence-electron chi connectivity index (χ3n) is 3.63. The lowest BCUT2D eigenvalue weighted by molar-refractivity contribution is -0.114. The molecule has 0 aliphatic rings. The van der Waals surface area contributed by atoms with E-state index in [1.54, 1.807) is 19.1 Å². The van der Waals surface area contributed by atoms with E-state index in [1.807, 2.05) is 0 Å². The second-order valence-electron chi connectivity index (χ2n) is 5.46. The Labute approximate surface area is 153 Å². The van der Waals surface area contributed by atoms with E-state index in [9.17, 15) is 14.4 Å². The van der Waals surface area contributed by atoms with Crippen molar-refractivity contribution >= 4 is 45.9 Å². The van der Waals surface area contributed by atoms with Crippen LogP contribution in [0.25, 0.3) is 10.9 Å². The number of rotatable bonds is 5. The van der Waals surface area contributed by atoms with Crippen molar-refractivity contribution in [2.24, 2.45) is 0 Å². The molecule has 0 saturated heterocycles. The summed E-state index contributed by atoms with van der Waals surface area (Å²) in [6, 6.07) is 6.07. The molecule has 0 aliphatic heterocycles. The fourth-order valence-electron chi connectivity index (χ4n) is 2.67. The lowest BCUT2D eigenvalue weighted by Gasteiger charge is -2.08. The molecule has 0 bridgehead atoms. The van der Waals surface area contributed by atoms with Gasteiger partial charge in [0.15, 0.2) is 5.76 Å². The normalized spacial score (nSPS) is 10.7. The minimum absolute atomic E-state index is 0.0814. The number of furan rings is 1. The first-order valence-corrected chi connectivity index (χ1v) is 8.18. The van der Waals surface area contributed by atoms with E-state index in [4.69, 9.17) is 20.8 Å². The Bertz CT molecular complexity index is 1000. The first kappa shape index (κ1) is 17.8. The maximum absolute atomic E-state index is 12.7. The van der Waals surface area contributed by atoms with Crippen LogP contribution in [-0.2, 0) is 9.53 Å². The monoisotopic (exact) mass is 374 g/mol. The highest BCUT2D eigenvalue weighted by Gasteiger charge is 2.26. The molecule has 0 spiro atoms. The van der Waals surface area contributed by atoms with E-state index in [1.165, 1.54) is 25.3 Å². The molecule has 3 rings (SSSR count). The van der Waals surface area contributed by atoms with Crippen molar-refractivity contribution in [2.45, 2.75) is 13.8 Å². The van der Waals surface area contributed by atoms with Crippen LogP contribution in [0.3, 0.4) is 0 Å². The molecule has 8 heteroatoms. The van der Waals surface area contributed by atoms with Crippen molar-refractivity contribution in [3.63, 3.8) is 0 Å². The van der Waals surface area contributed by atoms with Crippen molar-refractivity contribution in [3.8, 4) is 0 Å². The van der Waals surface area contributed by atoms with Crippen molar-refractivity contribution in [1.82, 2.24) is 4.98 Å². The number of H-pyrrole nitrogens is 1. The van der Waals surface area contributed by atoms with Crippen molar-refractivity contribution in [2.75, 3.05) is 11.9 Å². The van der Waals surface area contributed by atoms with Crippen LogP contribution >= 0.6 is 11.6 Å². The number of benzene rings is 1. The third-order valence-corrected chi connectivity index (χ3v) is 3.85. The first-order chi connectivity index (χ1) is 12.4. The average molecular weight is 375 g/mol. The van der Waals surface area contributed by atoms with E-state index in [0.29, 0.717) is 10.9 Å². The van der Waals surface area contributed by atoms with Crippen LogP contribution in [-0.4, -0.2) is 29.3 Å². The van der Waals surface area contributed by atoms with Gasteiger partial charge in [-0.3, -0.25) is 9.59 Å². The van der Waals surface area contributed by atoms with Gasteiger partial charge in [0.2, 0.25) is 11.7 Å². The molecule has 0 unspecified atom stereocenters. The molecule has 3 aromatic rings. The first-order valence-electron chi connectivity index (χ1n) is 7.80. The van der Waals surface area contributed by atoms with Crippen LogP contribution in [0.5, 0.6) is 0 Å². The fraction of sp³-hybridized carbons (Fsp3) is 0.167. The Morgan fingerprint density at radius 3 is 2.69 bits per heavy atom. The molecule has 0 saturated carbocycles. The Kier molecular flexibility index (Phi) is 4.81. The maximum atomic E-state index is 12.7. The van der Waals surface area contributed by atoms with Crippen LogP contribution in [0.2, 0.25) is 5.02 Å². The minimum atomic E-state index is -0.609. The SMILES string of the molecule is CCOC(=O)c1cc(Cl)cc2[nH]c(C(=O)c3ccco3)c(NC(C)=O)c12. The van der Waals surface area contributed by atoms with Crippen molar-refractivity contribution in [3.05, 3.63) is 52.6 Å². The van der Waals surface area contributed by atoms with Gasteiger partial charge < -0.3 is 19.5 Å². The van der Waals surface area contributed by atoms with Gasteiger partial charge in [0.1, 0.15) is 5.69 Å². The number of carbonyl (C=O) groups is 3. The molecule has 1 amide bonds. The zero-order valence-corrected chi connectivity index (χ0v) is 14.8. The summed E-state index contributed by atoms with van der Waals surface area (Å²) in [4.78, 5) is 39.7. The summed E-state index contributed by atoms with van der Waals surface area (Å²) in [6.07, 6.45) is 1.37. The lowest BCUT2D eigenvalue weighted by Crippen LogP contribution is -2.12. The zero-order valence-electron chi connectivity index (χ0n) is 14.0. The molecular formula is C18H15ClN2O5. The molecule has 1 aromatic carbocycles. The number of ketones is 1. The van der Waals surface area contributed by atoms with Crippen molar-refractivity contribution in [1.29, 1.82) is 0 Å². The number of aromatic nitrogens is 1. The number of carbonyl (C=O) groups excluding carboxylic acids is 3. The van der Waals surface area contributed by atoms with Gasteiger partial charge >= 0.3 is 5.97 Å². The molecular weight excluding hydrogens is 360 g/mol. The summed E-state index contributed by atoms with van der Waals surface area (Å²) in [7, 11) is 0. The summed E-state index contributed by atoms with van der Waals surface area (Å²) >= 11 is 6.10. The van der Waals surface area contributed by atoms with E-state index < -0.39 is 17.7 Å². The predicted molar refractivity (Wildman–Crippen MR) is 95.7 cm³/mol. The number of fused-ring (bicyclic) bond motifs is 1. The number of nitrogens with one attached hydrogen (secondary N) is 2. The van der Waals surface area contributed by atoms with Crippen molar-refractivity contribution < 1.29 is 23.5 Å². The number of amides is 1. The molecule has 0 aliphatic carbocycles. The Hall–Kier alpha value is -3.06. The van der Waals surface area contributed by atoms with Crippen LogP contribution in [0.15, 0.2) is 34.9 Å². The lowest BCUT2D eigenvalue weighted by atomic mass is 10.1. The van der Waals surface area contributed by atoms with Gasteiger partial charge in [-0.1, -0.05) is 11.6 Å². The molecule has 26 heavy (non-hydrogen) atoms. The van der Waals surface area contributed by atoms with Gasteiger partial charge in [-0.2, -0.15) is 0 Å². The molecule has 0 fully saturated rings. The molecule has 2 aromatic heterocycles. The summed E-state index contributed by atoms with van der Waals surface area (Å²) in [5.74, 6) is -1.39. The van der Waals surface area contributed by atoms with E-state index in [2.05, 4.69) is 10.3 Å². The quantitative estimate of drug-likeness (QED) is 0.522. The molecule has 134 valence electrons. The van der Waals surface area contributed by atoms with Gasteiger partial charge in [-0.05, 0) is 31.2 Å². The Morgan fingerprint density at radius 2 is 2.08 bits per heavy atom. The van der Waals surface area contributed by atoms with Gasteiger partial charge in [0.25, 0.3) is 0 Å². The number of aromatic amines is 1. The highest BCUT2D eigenvalue weighted by atomic mass is 35.5. The highest BCUT2D eigenvalue weighted by Crippen LogP contribution is 2.35. The highest BCUT2D eigenvalue weighted by molar-refractivity contribution is 6.32. The predicted octanol–water partition coefficient (Wildman–Crippen LogP) is 3.78. The van der Waals surface area contributed by atoms with Gasteiger partial charge in [0, 0.05) is 17.3 Å². The number of hydrogen-bond donors (Lipinski definition) is 2. The smallest absolute Gasteiger partial charge is 0.338 e. The topological polar surface area (TPSA) is 101 Å². The summed E-state index contributed by atoms with van der Waals surface area (Å²) in [6.45, 7) is 3.15. The fourth-order valence-corrected chi connectivity index (χ4v) is 2.89. The van der Waals surface area contributed by atoms with E-state index in [0.717, 1.165) is 0 Å². The van der Waals surface area contributed by atoms with Gasteiger partial charge in [-0.15, -0.1) is 0 Å². The molecule has 2 heterocycles. The summed E-state index contributed by atoms with van der Waals surface area (Å²) < 4.78 is 10.2. The molecule has 0 radical (unpaired) electrons. The van der Waals surface area contributed by atoms with Crippen LogP contribution < -0.4 is 5.32 Å². The summed E-state index contributed by atoms with van der Waals surface area (Å²) in [5, 5.41) is 3.24. The van der Waals surface area contributed by atoms with Crippen LogP contribution in [0.1, 0.15) is 40.5 Å². The Morgan fingerprint density at radius 1 is 1.31 bits per heavy atom. The standard InChI is InChI=1S/C18H15ClN2O5/c1-3-25-18(24)11-7-10(19)8-12-14(11)15(20-9(2)22)16(21-12)17(23)13-5-4-6-26-13/h4-8,21H,3H2,1-2H3,(H,20,22). The maximum Gasteiger partial charge on any atom is 0.338 e. The number of halogens is 1. The second-order valence-corrected chi connectivity index (χ2v) is 5.90. The second kappa shape index (κ2) is 7.05. The zero-order chi connectivity index (χ0) is 18.8. The van der Waals surface area contributed by atoms with E-state index >= 15 is 0 Å². The van der Waals surface area contributed by atoms with Gasteiger partial charge in [0.05, 0.1) is 29.6 Å². The summed E-state index contributed by atoms with van der Waals surface area (Å²) in [5.41, 5.74) is 0.818. The van der Waals surface area contributed by atoms with Crippen LogP contribution in [0, 0.1) is 0 Å². The van der Waals surface area contributed by atoms with E-state index in [-0.39, 0.29) is 34.3 Å². The van der Waals surface area contributed by atoms with Gasteiger partial charge in [-0.25, -0.2) is 4.79 Å².